The van der Waals surface area contributed by atoms with Crippen LogP contribution in [0.2, 0.25) is 0 Å². The van der Waals surface area contributed by atoms with E-state index < -0.39 is 11.2 Å². The molecule has 6 atom stereocenters. The number of fused-ring (bicyclic) bond motifs is 4. The van der Waals surface area contributed by atoms with Gasteiger partial charge in [0.15, 0.2) is 11.9 Å². The fraction of sp³-hybridized carbons (Fsp3) is 0.600. The van der Waals surface area contributed by atoms with Crippen molar-refractivity contribution in [2.45, 2.75) is 69.0 Å². The molecule has 4 aliphatic rings. The number of carbonyl (C=O) groups excluding carboxylic acids is 2. The van der Waals surface area contributed by atoms with E-state index in [4.69, 9.17) is 18.6 Å². The Hall–Kier alpha value is -1.92. The molecule has 0 spiro atoms. The summed E-state index contributed by atoms with van der Waals surface area (Å²) in [6.07, 6.45) is 2.60. The first-order valence-corrected chi connectivity index (χ1v) is 9.16. The zero-order chi connectivity index (χ0) is 18.3. The number of epoxide rings is 2. The Morgan fingerprint density at radius 2 is 2.19 bits per heavy atom. The summed E-state index contributed by atoms with van der Waals surface area (Å²) in [6.45, 7) is 8.03. The Morgan fingerprint density at radius 3 is 2.88 bits per heavy atom. The molecular weight excluding hydrogens is 336 g/mol. The number of hydrogen-bond acceptors (Lipinski definition) is 6. The third-order valence-corrected chi connectivity index (χ3v) is 6.41. The first kappa shape index (κ1) is 16.3. The van der Waals surface area contributed by atoms with Crippen LogP contribution in [0.3, 0.4) is 0 Å². The largest absolute Gasteiger partial charge is 0.462 e. The van der Waals surface area contributed by atoms with Crippen molar-refractivity contribution in [1.29, 1.82) is 0 Å². The fourth-order valence-corrected chi connectivity index (χ4v) is 4.62. The van der Waals surface area contributed by atoms with Gasteiger partial charge in [0, 0.05) is 12.8 Å². The number of hydrogen-bond donors (Lipinski definition) is 0. The first-order valence-electron chi connectivity index (χ1n) is 9.16. The molecule has 0 unspecified atom stereocenters. The Morgan fingerprint density at radius 1 is 1.38 bits per heavy atom. The highest BCUT2D eigenvalue weighted by molar-refractivity contribution is 5.86. The third-order valence-electron chi connectivity index (χ3n) is 6.41. The second-order valence-electron chi connectivity index (χ2n) is 8.32. The molecule has 138 valence electrons. The molecule has 0 saturated carbocycles. The van der Waals surface area contributed by atoms with Gasteiger partial charge >= 0.3 is 5.97 Å². The van der Waals surface area contributed by atoms with Gasteiger partial charge in [0.1, 0.15) is 35.4 Å². The summed E-state index contributed by atoms with van der Waals surface area (Å²) in [5.74, 6) is 1.18. The lowest BCUT2D eigenvalue weighted by molar-refractivity contribution is -0.154. The van der Waals surface area contributed by atoms with Crippen LogP contribution >= 0.6 is 0 Å². The molecule has 0 aliphatic carbocycles. The van der Waals surface area contributed by atoms with Gasteiger partial charge in [0.05, 0.1) is 5.56 Å². The predicted molar refractivity (Wildman–Crippen MR) is 89.7 cm³/mol. The topological polar surface area (TPSA) is 81.6 Å². The molecular formula is C20H22O6. The summed E-state index contributed by atoms with van der Waals surface area (Å²) < 4.78 is 23.4. The number of ether oxygens (including phenoxy) is 3. The number of rotatable bonds is 2. The van der Waals surface area contributed by atoms with Gasteiger partial charge in [-0.1, -0.05) is 12.2 Å². The van der Waals surface area contributed by atoms with Crippen LogP contribution in [0.5, 0.6) is 0 Å². The molecule has 4 bridgehead atoms. The average Bonchev–Trinajstić information content (AvgIpc) is 3.40. The summed E-state index contributed by atoms with van der Waals surface area (Å²) in [7, 11) is 0. The van der Waals surface area contributed by atoms with Gasteiger partial charge in [-0.3, -0.25) is 4.79 Å². The Bertz CT molecular complexity index is 824. The summed E-state index contributed by atoms with van der Waals surface area (Å²) in [5.41, 5.74) is 0.298. The lowest BCUT2D eigenvalue weighted by Crippen LogP contribution is -2.24. The van der Waals surface area contributed by atoms with Crippen LogP contribution in [0.4, 0.5) is 0 Å². The van der Waals surface area contributed by atoms with Crippen molar-refractivity contribution < 1.29 is 28.2 Å². The minimum atomic E-state index is -0.797. The van der Waals surface area contributed by atoms with Crippen molar-refractivity contribution in [1.82, 2.24) is 0 Å². The van der Waals surface area contributed by atoms with Crippen LogP contribution in [-0.2, 0) is 25.4 Å². The maximum absolute atomic E-state index is 12.4. The Labute approximate surface area is 151 Å². The molecule has 1 aromatic rings. The van der Waals surface area contributed by atoms with Gasteiger partial charge < -0.3 is 18.6 Å². The van der Waals surface area contributed by atoms with E-state index in [1.165, 1.54) is 0 Å². The number of furan rings is 1. The second kappa shape index (κ2) is 5.08. The fourth-order valence-electron chi connectivity index (χ4n) is 4.62. The molecule has 1 aromatic heterocycles. The van der Waals surface area contributed by atoms with Gasteiger partial charge in [-0.25, -0.2) is 4.79 Å². The van der Waals surface area contributed by atoms with Gasteiger partial charge in [-0.15, -0.1) is 0 Å². The standard InChI is InChI=1S/C20H22O6/c1-10(2)11-4-5-20-17(26-20)15(24-18(20)22)8-19(3)16(25-19)14-7-12(9-21)13(6-11)23-14/h7,9,11,15-17H,1,4-6,8H2,2-3H3/t11-,15+,16-,17+,19-,20-/m0/s1. The van der Waals surface area contributed by atoms with E-state index in [0.29, 0.717) is 36.3 Å². The van der Waals surface area contributed by atoms with Gasteiger partial charge in [0.25, 0.3) is 0 Å². The molecule has 6 nitrogen and oxygen atoms in total. The number of esters is 1. The average molecular weight is 358 g/mol. The lowest BCUT2D eigenvalue weighted by Gasteiger charge is -2.18. The highest BCUT2D eigenvalue weighted by Crippen LogP contribution is 2.58. The quantitative estimate of drug-likeness (QED) is 0.350. The minimum Gasteiger partial charge on any atom is -0.462 e. The molecule has 3 saturated heterocycles. The summed E-state index contributed by atoms with van der Waals surface area (Å²) in [6, 6.07) is 1.78. The summed E-state index contributed by atoms with van der Waals surface area (Å²) >= 11 is 0. The van der Waals surface area contributed by atoms with Gasteiger partial charge in [-0.2, -0.15) is 0 Å². The summed E-state index contributed by atoms with van der Waals surface area (Å²) in [5, 5.41) is 0. The van der Waals surface area contributed by atoms with Crippen LogP contribution in [0.15, 0.2) is 22.6 Å². The van der Waals surface area contributed by atoms with E-state index in [0.717, 1.165) is 18.3 Å². The highest BCUT2D eigenvalue weighted by Gasteiger charge is 2.74. The molecule has 3 fully saturated rings. The van der Waals surface area contributed by atoms with Crippen molar-refractivity contribution in [3.05, 3.63) is 35.3 Å². The molecule has 0 N–H and O–H groups in total. The van der Waals surface area contributed by atoms with Gasteiger partial charge in [-0.05, 0) is 38.7 Å². The van der Waals surface area contributed by atoms with Crippen molar-refractivity contribution in [2.24, 2.45) is 5.92 Å². The smallest absolute Gasteiger partial charge is 0.341 e. The SMILES string of the molecule is C=C(C)[C@H]1CC[C@]23O[C@@H]2[C@@H](C[C@]2(C)O[C@H]2c2cc(C=O)c(o2)C1)OC3=O. The van der Waals surface area contributed by atoms with Crippen molar-refractivity contribution in [2.75, 3.05) is 0 Å². The second-order valence-corrected chi connectivity index (χ2v) is 8.32. The van der Waals surface area contributed by atoms with Crippen LogP contribution in [0.1, 0.15) is 61.1 Å². The van der Waals surface area contributed by atoms with Crippen LogP contribution in [0.25, 0.3) is 0 Å². The van der Waals surface area contributed by atoms with E-state index in [2.05, 4.69) is 6.58 Å². The monoisotopic (exact) mass is 358 g/mol. The molecule has 6 heteroatoms. The maximum Gasteiger partial charge on any atom is 0.341 e. The van der Waals surface area contributed by atoms with Gasteiger partial charge in [0.2, 0.25) is 0 Å². The van der Waals surface area contributed by atoms with Crippen LogP contribution in [-0.4, -0.2) is 35.7 Å². The van der Waals surface area contributed by atoms with Crippen LogP contribution < -0.4 is 0 Å². The molecule has 5 heterocycles. The molecule has 0 aromatic carbocycles. The van der Waals surface area contributed by atoms with Crippen molar-refractivity contribution >= 4 is 12.3 Å². The van der Waals surface area contributed by atoms with Crippen LogP contribution in [0, 0.1) is 5.92 Å². The normalized spacial score (nSPS) is 43.1. The first-order chi connectivity index (χ1) is 12.4. The zero-order valence-corrected chi connectivity index (χ0v) is 14.9. The minimum absolute atomic E-state index is 0.103. The summed E-state index contributed by atoms with van der Waals surface area (Å²) in [4.78, 5) is 23.9. The molecule has 4 aliphatic heterocycles. The molecule has 26 heavy (non-hydrogen) atoms. The Kier molecular flexibility index (Phi) is 3.18. The number of carbonyl (C=O) groups is 2. The van der Waals surface area contributed by atoms with Crippen molar-refractivity contribution in [3.8, 4) is 0 Å². The molecule has 0 amide bonds. The molecule has 0 radical (unpaired) electrons. The van der Waals surface area contributed by atoms with E-state index in [-0.39, 0.29) is 30.2 Å². The number of allylic oxidation sites excluding steroid dienone is 1. The van der Waals surface area contributed by atoms with Crippen molar-refractivity contribution in [3.63, 3.8) is 0 Å². The predicted octanol–water partition coefficient (Wildman–Crippen LogP) is 2.90. The highest BCUT2D eigenvalue weighted by atomic mass is 16.7. The lowest BCUT2D eigenvalue weighted by atomic mass is 9.86. The van der Waals surface area contributed by atoms with E-state index in [1.54, 1.807) is 6.07 Å². The van der Waals surface area contributed by atoms with E-state index in [9.17, 15) is 9.59 Å². The molecule has 5 rings (SSSR count). The van der Waals surface area contributed by atoms with E-state index >= 15 is 0 Å². The van der Waals surface area contributed by atoms with E-state index in [1.807, 2.05) is 13.8 Å². The number of aldehydes is 1. The Balaban J connectivity index is 1.53. The zero-order valence-electron chi connectivity index (χ0n) is 14.9. The maximum atomic E-state index is 12.4. The third kappa shape index (κ3) is 2.18.